The first-order chi connectivity index (χ1) is 6.74. The number of carbonyl (C=O) groups is 1. The van der Waals surface area contributed by atoms with Crippen LogP contribution in [0.4, 0.5) is 0 Å². The molecule has 0 aliphatic heterocycles. The fraction of sp³-hybridized carbons (Fsp3) is 0.182. The summed E-state index contributed by atoms with van der Waals surface area (Å²) in [7, 11) is 0. The molecule has 0 radical (unpaired) electrons. The lowest BCUT2D eigenvalue weighted by Crippen LogP contribution is -1.95. The molecule has 0 fully saturated rings. The lowest BCUT2D eigenvalue weighted by Gasteiger charge is -1.93. The Bertz CT molecular complexity index is 429. The van der Waals surface area contributed by atoms with Crippen LogP contribution in [0.2, 0.25) is 0 Å². The number of nitrogens with zero attached hydrogens (tertiary/aromatic N) is 2. The SMILES string of the molecule is CC(=O)c1ccc(C#CCC#N)cn1. The molecule has 0 aromatic carbocycles. The van der Waals surface area contributed by atoms with E-state index in [0.717, 1.165) is 0 Å². The van der Waals surface area contributed by atoms with Gasteiger partial charge in [0, 0.05) is 18.7 Å². The van der Waals surface area contributed by atoms with E-state index in [9.17, 15) is 4.79 Å². The van der Waals surface area contributed by atoms with Crippen LogP contribution in [0.3, 0.4) is 0 Å². The van der Waals surface area contributed by atoms with Gasteiger partial charge in [0.25, 0.3) is 0 Å². The van der Waals surface area contributed by atoms with Crippen molar-refractivity contribution in [1.82, 2.24) is 4.98 Å². The number of aromatic nitrogens is 1. The minimum absolute atomic E-state index is 0.0680. The zero-order valence-corrected chi connectivity index (χ0v) is 7.74. The van der Waals surface area contributed by atoms with Crippen molar-refractivity contribution in [2.45, 2.75) is 13.3 Å². The predicted molar refractivity (Wildman–Crippen MR) is 51.3 cm³/mol. The summed E-state index contributed by atoms with van der Waals surface area (Å²) in [5, 5.41) is 8.25. The van der Waals surface area contributed by atoms with Gasteiger partial charge in [-0.1, -0.05) is 11.8 Å². The highest BCUT2D eigenvalue weighted by atomic mass is 16.1. The third-order valence-electron chi connectivity index (χ3n) is 1.52. The Labute approximate surface area is 82.4 Å². The van der Waals surface area contributed by atoms with Crippen LogP contribution in [0.1, 0.15) is 29.4 Å². The van der Waals surface area contributed by atoms with Gasteiger partial charge in [0.05, 0.1) is 12.5 Å². The van der Waals surface area contributed by atoms with Gasteiger partial charge in [-0.05, 0) is 12.1 Å². The van der Waals surface area contributed by atoms with Crippen LogP contribution in [0.25, 0.3) is 0 Å². The van der Waals surface area contributed by atoms with Gasteiger partial charge < -0.3 is 0 Å². The van der Waals surface area contributed by atoms with Crippen molar-refractivity contribution in [2.24, 2.45) is 0 Å². The second kappa shape index (κ2) is 4.79. The van der Waals surface area contributed by atoms with Gasteiger partial charge in [-0.3, -0.25) is 9.78 Å². The molecule has 0 atom stereocenters. The van der Waals surface area contributed by atoms with Crippen LogP contribution >= 0.6 is 0 Å². The van der Waals surface area contributed by atoms with E-state index in [1.807, 2.05) is 6.07 Å². The Hall–Kier alpha value is -2.13. The normalized spacial score (nSPS) is 8.29. The number of rotatable bonds is 1. The van der Waals surface area contributed by atoms with E-state index in [4.69, 9.17) is 5.26 Å². The van der Waals surface area contributed by atoms with Gasteiger partial charge in [0.1, 0.15) is 5.69 Å². The molecule has 0 saturated heterocycles. The van der Waals surface area contributed by atoms with Crippen molar-refractivity contribution < 1.29 is 4.79 Å². The zero-order chi connectivity index (χ0) is 10.4. The zero-order valence-electron chi connectivity index (χ0n) is 7.74. The van der Waals surface area contributed by atoms with Gasteiger partial charge in [0.15, 0.2) is 5.78 Å². The van der Waals surface area contributed by atoms with Crippen molar-refractivity contribution in [2.75, 3.05) is 0 Å². The van der Waals surface area contributed by atoms with E-state index < -0.39 is 0 Å². The minimum Gasteiger partial charge on any atom is -0.293 e. The highest BCUT2D eigenvalue weighted by Gasteiger charge is 1.98. The van der Waals surface area contributed by atoms with Crippen molar-refractivity contribution in [3.05, 3.63) is 29.6 Å². The van der Waals surface area contributed by atoms with Crippen molar-refractivity contribution in [1.29, 1.82) is 5.26 Å². The minimum atomic E-state index is -0.0680. The van der Waals surface area contributed by atoms with E-state index in [1.54, 1.807) is 12.1 Å². The summed E-state index contributed by atoms with van der Waals surface area (Å²) in [5.74, 6) is 5.36. The number of hydrogen-bond acceptors (Lipinski definition) is 3. The molecule has 14 heavy (non-hydrogen) atoms. The molecule has 1 rings (SSSR count). The maximum absolute atomic E-state index is 10.9. The third-order valence-corrected chi connectivity index (χ3v) is 1.52. The van der Waals surface area contributed by atoms with Crippen LogP contribution in [-0.4, -0.2) is 10.8 Å². The number of nitriles is 1. The Morgan fingerprint density at radius 2 is 2.36 bits per heavy atom. The van der Waals surface area contributed by atoms with Crippen molar-refractivity contribution >= 4 is 5.78 Å². The van der Waals surface area contributed by atoms with E-state index in [1.165, 1.54) is 13.1 Å². The Kier molecular flexibility index (Phi) is 3.41. The summed E-state index contributed by atoms with van der Waals surface area (Å²) in [6.45, 7) is 1.46. The first-order valence-corrected chi connectivity index (χ1v) is 4.07. The molecule has 0 aliphatic rings. The van der Waals surface area contributed by atoms with E-state index in [0.29, 0.717) is 11.3 Å². The number of carbonyl (C=O) groups excluding carboxylic acids is 1. The van der Waals surface area contributed by atoms with Crippen LogP contribution in [-0.2, 0) is 0 Å². The molecule has 1 aromatic rings. The summed E-state index contributed by atoms with van der Waals surface area (Å²) in [4.78, 5) is 14.8. The first kappa shape index (κ1) is 9.95. The van der Waals surface area contributed by atoms with Crippen LogP contribution in [0, 0.1) is 23.2 Å². The van der Waals surface area contributed by atoms with Crippen molar-refractivity contribution in [3.63, 3.8) is 0 Å². The van der Waals surface area contributed by atoms with Gasteiger partial charge in [0.2, 0.25) is 0 Å². The summed E-state index contributed by atoms with van der Waals surface area (Å²) in [5.41, 5.74) is 1.14. The smallest absolute Gasteiger partial charge is 0.178 e. The summed E-state index contributed by atoms with van der Waals surface area (Å²) >= 11 is 0. The van der Waals surface area contributed by atoms with Gasteiger partial charge in [-0.25, -0.2) is 0 Å². The third kappa shape index (κ3) is 2.73. The van der Waals surface area contributed by atoms with E-state index >= 15 is 0 Å². The van der Waals surface area contributed by atoms with Crippen LogP contribution in [0.15, 0.2) is 18.3 Å². The molecule has 0 spiro atoms. The monoisotopic (exact) mass is 184 g/mol. The number of ketones is 1. The molecule has 68 valence electrons. The summed E-state index contributed by atoms with van der Waals surface area (Å²) in [6.07, 6.45) is 1.73. The lowest BCUT2D eigenvalue weighted by molar-refractivity contribution is 0.101. The predicted octanol–water partition coefficient (Wildman–Crippen LogP) is 1.55. The molecule has 0 N–H and O–H groups in total. The average molecular weight is 184 g/mol. The fourth-order valence-electron chi connectivity index (χ4n) is 0.862. The molecule has 3 heteroatoms. The number of hydrogen-bond donors (Lipinski definition) is 0. The van der Waals surface area contributed by atoms with E-state index in [2.05, 4.69) is 16.8 Å². The van der Waals surface area contributed by atoms with Crippen LogP contribution in [0.5, 0.6) is 0 Å². The summed E-state index contributed by atoms with van der Waals surface area (Å²) < 4.78 is 0. The summed E-state index contributed by atoms with van der Waals surface area (Å²) in [6, 6.07) is 5.26. The molecule has 0 unspecified atom stereocenters. The van der Waals surface area contributed by atoms with Gasteiger partial charge >= 0.3 is 0 Å². The highest BCUT2D eigenvalue weighted by Crippen LogP contribution is 1.99. The highest BCUT2D eigenvalue weighted by molar-refractivity contribution is 5.92. The maximum atomic E-state index is 10.9. The van der Waals surface area contributed by atoms with Crippen molar-refractivity contribution in [3.8, 4) is 17.9 Å². The van der Waals surface area contributed by atoms with E-state index in [-0.39, 0.29) is 12.2 Å². The Morgan fingerprint density at radius 1 is 1.57 bits per heavy atom. The molecule has 0 amide bonds. The van der Waals surface area contributed by atoms with Crippen LogP contribution < -0.4 is 0 Å². The topological polar surface area (TPSA) is 53.8 Å². The van der Waals surface area contributed by atoms with Gasteiger partial charge in [-0.2, -0.15) is 5.26 Å². The maximum Gasteiger partial charge on any atom is 0.178 e. The Balaban J connectivity index is 2.81. The molecule has 0 bridgehead atoms. The molecular weight excluding hydrogens is 176 g/mol. The number of Topliss-reactive ketones (excluding diaryl/α,β-unsaturated/α-hetero) is 1. The molecule has 3 nitrogen and oxygen atoms in total. The lowest BCUT2D eigenvalue weighted by atomic mass is 10.2. The largest absolute Gasteiger partial charge is 0.293 e. The standard InChI is InChI=1S/C11H8N2O/c1-9(14)11-6-5-10(8-13-11)4-2-3-7-12/h5-6,8H,3H2,1H3. The number of pyridine rings is 1. The molecule has 0 aliphatic carbocycles. The average Bonchev–Trinajstić information content (AvgIpc) is 2.19. The molecule has 0 saturated carbocycles. The Morgan fingerprint density at radius 3 is 2.86 bits per heavy atom. The second-order valence-electron chi connectivity index (χ2n) is 2.62. The molecule has 1 aromatic heterocycles. The van der Waals surface area contributed by atoms with Gasteiger partial charge in [-0.15, -0.1) is 0 Å². The quantitative estimate of drug-likeness (QED) is 0.491. The fourth-order valence-corrected chi connectivity index (χ4v) is 0.862. The first-order valence-electron chi connectivity index (χ1n) is 4.07. The molecular formula is C11H8N2O. The second-order valence-corrected chi connectivity index (χ2v) is 2.62. The molecule has 1 heterocycles.